The molecule has 2 heterocycles. The summed E-state index contributed by atoms with van der Waals surface area (Å²) in [7, 11) is 0. The van der Waals surface area contributed by atoms with Gasteiger partial charge in [-0.3, -0.25) is 9.89 Å². The summed E-state index contributed by atoms with van der Waals surface area (Å²) in [6.45, 7) is 6.14. The Labute approximate surface area is 108 Å². The van der Waals surface area contributed by atoms with Crippen LogP contribution in [0.1, 0.15) is 26.5 Å². The minimum absolute atomic E-state index is 0.117. The molecule has 1 N–H and O–H groups in total. The maximum absolute atomic E-state index is 12.1. The molecular formula is C12H14BrN3O. The largest absolute Gasteiger partial charge is 0.292 e. The molecule has 5 heteroatoms. The van der Waals surface area contributed by atoms with Gasteiger partial charge in [-0.1, -0.05) is 26.8 Å². The van der Waals surface area contributed by atoms with Crippen LogP contribution in [0.2, 0.25) is 0 Å². The Morgan fingerprint density at radius 2 is 2.06 bits per heavy atom. The molecule has 0 aliphatic rings. The maximum atomic E-state index is 12.1. The first kappa shape index (κ1) is 12.1. The third kappa shape index (κ3) is 2.20. The smallest absolute Gasteiger partial charge is 0.287 e. The zero-order chi connectivity index (χ0) is 12.6. The first-order valence-electron chi connectivity index (χ1n) is 5.33. The summed E-state index contributed by atoms with van der Waals surface area (Å²) >= 11 is 3.34. The SMILES string of the molecule is CC(C)(C)c1[nH]n(-c2ccccn2)c(=O)c1Br. The summed E-state index contributed by atoms with van der Waals surface area (Å²) < 4.78 is 2.01. The van der Waals surface area contributed by atoms with Crippen LogP contribution in [0, 0.1) is 0 Å². The van der Waals surface area contributed by atoms with Crippen LogP contribution in [-0.2, 0) is 5.41 Å². The number of nitrogens with zero attached hydrogens (tertiary/aromatic N) is 2. The molecule has 2 aromatic rings. The van der Waals surface area contributed by atoms with Crippen molar-refractivity contribution < 1.29 is 0 Å². The Morgan fingerprint density at radius 3 is 2.53 bits per heavy atom. The van der Waals surface area contributed by atoms with Crippen molar-refractivity contribution in [2.75, 3.05) is 0 Å². The van der Waals surface area contributed by atoms with Crippen LogP contribution in [0.5, 0.6) is 0 Å². The molecule has 0 aromatic carbocycles. The highest BCUT2D eigenvalue weighted by Crippen LogP contribution is 2.25. The molecular weight excluding hydrogens is 282 g/mol. The molecule has 0 saturated carbocycles. The molecule has 0 atom stereocenters. The molecule has 0 radical (unpaired) electrons. The van der Waals surface area contributed by atoms with Crippen LogP contribution >= 0.6 is 15.9 Å². The van der Waals surface area contributed by atoms with Crippen LogP contribution in [-0.4, -0.2) is 14.8 Å². The summed E-state index contributed by atoms with van der Waals surface area (Å²) in [5.41, 5.74) is 0.625. The normalized spacial score (nSPS) is 11.8. The second kappa shape index (κ2) is 4.14. The number of halogens is 1. The van der Waals surface area contributed by atoms with Gasteiger partial charge in [-0.15, -0.1) is 0 Å². The van der Waals surface area contributed by atoms with Gasteiger partial charge in [0.1, 0.15) is 4.47 Å². The van der Waals surface area contributed by atoms with Gasteiger partial charge in [0.2, 0.25) is 0 Å². The zero-order valence-corrected chi connectivity index (χ0v) is 11.6. The minimum Gasteiger partial charge on any atom is -0.292 e. The average molecular weight is 296 g/mol. The van der Waals surface area contributed by atoms with Crippen molar-refractivity contribution in [1.29, 1.82) is 0 Å². The Hall–Kier alpha value is -1.36. The van der Waals surface area contributed by atoms with Gasteiger partial charge in [0.25, 0.3) is 5.56 Å². The van der Waals surface area contributed by atoms with E-state index in [0.29, 0.717) is 10.3 Å². The Kier molecular flexibility index (Phi) is 2.95. The van der Waals surface area contributed by atoms with Gasteiger partial charge < -0.3 is 0 Å². The van der Waals surface area contributed by atoms with Gasteiger partial charge in [0, 0.05) is 11.6 Å². The van der Waals surface area contributed by atoms with Gasteiger partial charge in [-0.2, -0.15) is 0 Å². The molecule has 0 aliphatic heterocycles. The van der Waals surface area contributed by atoms with E-state index in [9.17, 15) is 4.79 Å². The summed E-state index contributed by atoms with van der Waals surface area (Å²) in [5.74, 6) is 0.591. The Balaban J connectivity index is 2.63. The second-order valence-electron chi connectivity index (χ2n) is 4.88. The highest BCUT2D eigenvalue weighted by atomic mass is 79.9. The van der Waals surface area contributed by atoms with E-state index >= 15 is 0 Å². The van der Waals surface area contributed by atoms with Crippen LogP contribution in [0.25, 0.3) is 5.82 Å². The van der Waals surface area contributed by atoms with Crippen molar-refractivity contribution in [3.8, 4) is 5.82 Å². The van der Waals surface area contributed by atoms with E-state index in [1.54, 1.807) is 12.3 Å². The molecule has 0 saturated heterocycles. The maximum Gasteiger partial charge on any atom is 0.287 e. The van der Waals surface area contributed by atoms with Gasteiger partial charge in [0.05, 0.1) is 5.69 Å². The number of pyridine rings is 1. The van der Waals surface area contributed by atoms with Crippen LogP contribution < -0.4 is 5.56 Å². The molecule has 0 spiro atoms. The lowest BCUT2D eigenvalue weighted by molar-refractivity contribution is 0.557. The van der Waals surface area contributed by atoms with Crippen molar-refractivity contribution in [3.63, 3.8) is 0 Å². The van der Waals surface area contributed by atoms with Crippen molar-refractivity contribution in [2.45, 2.75) is 26.2 Å². The van der Waals surface area contributed by atoms with E-state index in [0.717, 1.165) is 5.69 Å². The fourth-order valence-electron chi connectivity index (χ4n) is 1.56. The molecule has 0 amide bonds. The van der Waals surface area contributed by atoms with E-state index in [1.165, 1.54) is 4.68 Å². The minimum atomic E-state index is -0.127. The van der Waals surface area contributed by atoms with E-state index in [2.05, 4.69) is 26.0 Å². The van der Waals surface area contributed by atoms with Crippen molar-refractivity contribution in [3.05, 3.63) is 44.9 Å². The average Bonchev–Trinajstić information content (AvgIpc) is 2.57. The molecule has 17 heavy (non-hydrogen) atoms. The van der Waals surface area contributed by atoms with Gasteiger partial charge in [-0.25, -0.2) is 9.67 Å². The summed E-state index contributed by atoms with van der Waals surface area (Å²) in [5, 5.41) is 3.10. The van der Waals surface area contributed by atoms with Crippen molar-refractivity contribution >= 4 is 15.9 Å². The monoisotopic (exact) mass is 295 g/mol. The number of aromatic nitrogens is 3. The lowest BCUT2D eigenvalue weighted by Gasteiger charge is -2.16. The van der Waals surface area contributed by atoms with Crippen molar-refractivity contribution in [2.24, 2.45) is 0 Å². The van der Waals surface area contributed by atoms with Gasteiger partial charge in [-0.05, 0) is 28.1 Å². The summed E-state index contributed by atoms with van der Waals surface area (Å²) in [6, 6.07) is 5.45. The predicted octanol–water partition coefficient (Wildman–Crippen LogP) is 2.62. The lowest BCUT2D eigenvalue weighted by Crippen LogP contribution is -2.15. The predicted molar refractivity (Wildman–Crippen MR) is 70.6 cm³/mol. The molecule has 2 aromatic heterocycles. The van der Waals surface area contributed by atoms with Gasteiger partial charge in [0.15, 0.2) is 5.82 Å². The second-order valence-corrected chi connectivity index (χ2v) is 5.67. The quantitative estimate of drug-likeness (QED) is 0.879. The fraction of sp³-hybridized carbons (Fsp3) is 0.333. The van der Waals surface area contributed by atoms with Crippen LogP contribution in [0.4, 0.5) is 0 Å². The zero-order valence-electron chi connectivity index (χ0n) is 9.99. The van der Waals surface area contributed by atoms with E-state index in [-0.39, 0.29) is 11.0 Å². The topological polar surface area (TPSA) is 50.7 Å². The third-order valence-corrected chi connectivity index (χ3v) is 3.20. The fourth-order valence-corrected chi connectivity index (χ4v) is 2.42. The molecule has 4 nitrogen and oxygen atoms in total. The standard InChI is InChI=1S/C12H14BrN3O/c1-12(2,3)10-9(13)11(17)16(15-10)8-6-4-5-7-14-8/h4-7,15H,1-3H3. The number of hydrogen-bond acceptors (Lipinski definition) is 2. The van der Waals surface area contributed by atoms with Crippen LogP contribution in [0.15, 0.2) is 33.7 Å². The number of H-pyrrole nitrogens is 1. The summed E-state index contributed by atoms with van der Waals surface area (Å²) in [6.07, 6.45) is 1.66. The first-order valence-corrected chi connectivity index (χ1v) is 6.13. The van der Waals surface area contributed by atoms with Gasteiger partial charge >= 0.3 is 0 Å². The highest BCUT2D eigenvalue weighted by molar-refractivity contribution is 9.10. The van der Waals surface area contributed by atoms with E-state index in [4.69, 9.17) is 0 Å². The Bertz CT molecular complexity index is 578. The van der Waals surface area contributed by atoms with Crippen LogP contribution in [0.3, 0.4) is 0 Å². The van der Waals surface area contributed by atoms with Crippen molar-refractivity contribution in [1.82, 2.24) is 14.8 Å². The molecule has 0 aliphatic carbocycles. The lowest BCUT2D eigenvalue weighted by atomic mass is 9.93. The molecule has 0 bridgehead atoms. The number of nitrogens with one attached hydrogen (secondary N) is 1. The molecule has 0 unspecified atom stereocenters. The van der Waals surface area contributed by atoms with E-state index < -0.39 is 0 Å². The summed E-state index contributed by atoms with van der Waals surface area (Å²) in [4.78, 5) is 16.2. The number of hydrogen-bond donors (Lipinski definition) is 1. The molecule has 0 fully saturated rings. The first-order chi connectivity index (χ1) is 7.91. The highest BCUT2D eigenvalue weighted by Gasteiger charge is 2.23. The molecule has 90 valence electrons. The number of aromatic amines is 1. The number of rotatable bonds is 1. The Morgan fingerprint density at radius 1 is 1.35 bits per heavy atom. The van der Waals surface area contributed by atoms with E-state index in [1.807, 2.05) is 32.9 Å². The third-order valence-electron chi connectivity index (χ3n) is 2.46. The molecule has 2 rings (SSSR count).